The largest absolute Gasteiger partial charge is 0.385 e. The van der Waals surface area contributed by atoms with Crippen LogP contribution in [0.25, 0.3) is 44.8 Å². The van der Waals surface area contributed by atoms with Crippen LogP contribution in [0.4, 0.5) is 23.5 Å². The summed E-state index contributed by atoms with van der Waals surface area (Å²) in [6.07, 6.45) is 1.45. The highest BCUT2D eigenvalue weighted by atomic mass is 16.5. The monoisotopic (exact) mass is 848 g/mol. The Morgan fingerprint density at radius 2 is 1.10 bits per heavy atom. The number of hydrogen-bond acceptors (Lipinski definition) is 16. The molecule has 18 heteroatoms. The normalized spacial score (nSPS) is 23.5. The number of ether oxygens (including phenoxy) is 6. The SMILES string of the molecule is COCC[C@@]1(C)OCc2c(N3CCOC[C@@H]3C)nc(-c3ccc4nc(N)[nH]c4c3)nc21.COCC[C@]1(C)OCc2c(N3CCOC[C@@H]3C)nc(-c3ccc4nc(N)[nH]c4c3)nc21. The van der Waals surface area contributed by atoms with Crippen LogP contribution in [0.5, 0.6) is 0 Å². The molecule has 0 radical (unpaired) electrons. The fraction of sp³-hybridized carbons (Fsp3) is 0.500. The fourth-order valence-electron chi connectivity index (χ4n) is 8.81. The van der Waals surface area contributed by atoms with Crippen molar-refractivity contribution in [3.8, 4) is 22.8 Å². The molecule has 0 saturated carbocycles. The first kappa shape index (κ1) is 41.8. The standard InChI is InChI=1S/2C22H28N6O3/c2*1-13-11-30-9-7-28(13)20-15-12-31-22(2,6-8-29-3)18(15)26-19(27-20)14-4-5-16-17(10-14)25-21(23)24-16/h2*4-5,10,13H,6-9,11-12H2,1-3H3,(H3,23,24,25)/t13-,22+;13-,22-/m00/s1. The van der Waals surface area contributed by atoms with Crippen LogP contribution in [0.15, 0.2) is 36.4 Å². The average molecular weight is 849 g/mol. The summed E-state index contributed by atoms with van der Waals surface area (Å²) in [6.45, 7) is 14.9. The highest BCUT2D eigenvalue weighted by Crippen LogP contribution is 2.44. The molecule has 0 aliphatic carbocycles. The molecular formula is C44H56N12O6. The van der Waals surface area contributed by atoms with Crippen molar-refractivity contribution in [1.82, 2.24) is 39.9 Å². The molecule has 62 heavy (non-hydrogen) atoms. The second-order valence-corrected chi connectivity index (χ2v) is 16.9. The molecule has 2 fully saturated rings. The molecular weight excluding hydrogens is 793 g/mol. The quantitative estimate of drug-likeness (QED) is 0.139. The van der Waals surface area contributed by atoms with Crippen LogP contribution in [0.1, 0.15) is 63.1 Å². The first-order valence-corrected chi connectivity index (χ1v) is 21.3. The third kappa shape index (κ3) is 7.90. The summed E-state index contributed by atoms with van der Waals surface area (Å²) in [7, 11) is 3.41. The van der Waals surface area contributed by atoms with E-state index in [1.165, 1.54) is 0 Å². The predicted octanol–water partition coefficient (Wildman–Crippen LogP) is 5.22. The summed E-state index contributed by atoms with van der Waals surface area (Å²) < 4.78 is 34.5. The molecule has 4 atom stereocenters. The van der Waals surface area contributed by atoms with Crippen LogP contribution >= 0.6 is 0 Å². The van der Waals surface area contributed by atoms with Gasteiger partial charge in [-0.15, -0.1) is 0 Å². The lowest BCUT2D eigenvalue weighted by Crippen LogP contribution is -2.44. The van der Waals surface area contributed by atoms with Crippen LogP contribution < -0.4 is 21.3 Å². The van der Waals surface area contributed by atoms with Crippen molar-refractivity contribution in [1.29, 1.82) is 0 Å². The minimum atomic E-state index is -0.518. The number of nitrogens with zero attached hydrogens (tertiary/aromatic N) is 8. The van der Waals surface area contributed by atoms with E-state index in [2.05, 4.69) is 57.4 Å². The van der Waals surface area contributed by atoms with E-state index in [1.54, 1.807) is 14.2 Å². The Hall–Kier alpha value is -5.50. The Kier molecular flexibility index (Phi) is 11.5. The number of methoxy groups -OCH3 is 2. The van der Waals surface area contributed by atoms with Crippen molar-refractivity contribution in [2.45, 2.75) is 77.0 Å². The molecule has 328 valence electrons. The molecule has 0 amide bonds. The van der Waals surface area contributed by atoms with E-state index in [9.17, 15) is 0 Å². The van der Waals surface area contributed by atoms with Crippen LogP contribution in [0.2, 0.25) is 0 Å². The zero-order valence-corrected chi connectivity index (χ0v) is 36.3. The Bertz CT molecular complexity index is 2410. The maximum Gasteiger partial charge on any atom is 0.198 e. The molecule has 0 spiro atoms. The molecule has 4 aliphatic heterocycles. The van der Waals surface area contributed by atoms with Gasteiger partial charge in [0.15, 0.2) is 23.5 Å². The van der Waals surface area contributed by atoms with E-state index >= 15 is 0 Å². The van der Waals surface area contributed by atoms with Gasteiger partial charge in [0.2, 0.25) is 0 Å². The van der Waals surface area contributed by atoms with Gasteiger partial charge in [-0.3, -0.25) is 0 Å². The molecule has 0 bridgehead atoms. The second kappa shape index (κ2) is 17.0. The zero-order valence-electron chi connectivity index (χ0n) is 36.3. The summed E-state index contributed by atoms with van der Waals surface area (Å²) in [5.74, 6) is 3.98. The summed E-state index contributed by atoms with van der Waals surface area (Å²) in [6, 6.07) is 12.3. The number of aromatic nitrogens is 8. The molecule has 2 saturated heterocycles. The molecule has 2 aromatic carbocycles. The number of rotatable bonds is 10. The Morgan fingerprint density at radius 3 is 1.50 bits per heavy atom. The number of nitrogens with one attached hydrogen (secondary N) is 2. The Morgan fingerprint density at radius 1 is 0.661 bits per heavy atom. The number of morpholine rings is 2. The van der Waals surface area contributed by atoms with Gasteiger partial charge in [0.05, 0.1) is 85.2 Å². The summed E-state index contributed by atoms with van der Waals surface area (Å²) in [5.41, 5.74) is 19.8. The highest BCUT2D eigenvalue weighted by molar-refractivity contribution is 5.83. The average Bonchev–Trinajstić information content (AvgIpc) is 4.03. The fourth-order valence-corrected chi connectivity index (χ4v) is 8.81. The van der Waals surface area contributed by atoms with E-state index in [0.717, 1.165) is 93.3 Å². The van der Waals surface area contributed by atoms with E-state index in [4.69, 9.17) is 59.8 Å². The smallest absolute Gasteiger partial charge is 0.198 e. The molecule has 18 nitrogen and oxygen atoms in total. The van der Waals surface area contributed by atoms with Gasteiger partial charge < -0.3 is 59.7 Å². The van der Waals surface area contributed by atoms with E-state index in [0.29, 0.717) is 76.4 Å². The van der Waals surface area contributed by atoms with Gasteiger partial charge in [-0.25, -0.2) is 29.9 Å². The van der Waals surface area contributed by atoms with Gasteiger partial charge >= 0.3 is 0 Å². The molecule has 8 heterocycles. The summed E-state index contributed by atoms with van der Waals surface area (Å²) in [4.78, 5) is 39.5. The van der Waals surface area contributed by atoms with Crippen LogP contribution in [0.3, 0.4) is 0 Å². The minimum absolute atomic E-state index is 0.223. The van der Waals surface area contributed by atoms with Crippen molar-refractivity contribution < 1.29 is 28.4 Å². The van der Waals surface area contributed by atoms with Crippen molar-refractivity contribution in [2.75, 3.05) is 88.2 Å². The van der Waals surface area contributed by atoms with Crippen molar-refractivity contribution in [2.24, 2.45) is 0 Å². The molecule has 4 aliphatic rings. The zero-order chi connectivity index (χ0) is 43.2. The lowest BCUT2D eigenvalue weighted by atomic mass is 9.96. The summed E-state index contributed by atoms with van der Waals surface area (Å²) in [5, 5.41) is 0. The number of H-pyrrole nitrogens is 2. The molecule has 4 aromatic heterocycles. The third-order valence-electron chi connectivity index (χ3n) is 12.4. The molecule has 6 N–H and O–H groups in total. The van der Waals surface area contributed by atoms with Gasteiger partial charge in [0, 0.05) is 75.6 Å². The predicted molar refractivity (Wildman–Crippen MR) is 236 cm³/mol. The van der Waals surface area contributed by atoms with Crippen molar-refractivity contribution >= 4 is 45.6 Å². The highest BCUT2D eigenvalue weighted by Gasteiger charge is 2.42. The minimum Gasteiger partial charge on any atom is -0.385 e. The molecule has 10 rings (SSSR count). The lowest BCUT2D eigenvalue weighted by Gasteiger charge is -2.35. The Labute approximate surface area is 360 Å². The maximum atomic E-state index is 6.27. The van der Waals surface area contributed by atoms with Gasteiger partial charge in [0.1, 0.15) is 22.8 Å². The van der Waals surface area contributed by atoms with E-state index < -0.39 is 11.2 Å². The number of nitrogens with two attached hydrogens (primary N) is 2. The first-order valence-electron chi connectivity index (χ1n) is 21.3. The van der Waals surface area contributed by atoms with Crippen LogP contribution in [-0.4, -0.2) is 119 Å². The van der Waals surface area contributed by atoms with Gasteiger partial charge in [0.25, 0.3) is 0 Å². The number of fused-ring (bicyclic) bond motifs is 4. The molecule has 0 unspecified atom stereocenters. The number of nitrogen functional groups attached to an aromatic ring is 2. The first-order chi connectivity index (χ1) is 30.0. The topological polar surface area (TPSA) is 223 Å². The van der Waals surface area contributed by atoms with Crippen LogP contribution in [-0.2, 0) is 52.8 Å². The van der Waals surface area contributed by atoms with Gasteiger partial charge in [-0.1, -0.05) is 0 Å². The maximum absolute atomic E-state index is 6.27. The van der Waals surface area contributed by atoms with Crippen molar-refractivity contribution in [3.63, 3.8) is 0 Å². The second-order valence-electron chi connectivity index (χ2n) is 16.9. The number of benzene rings is 2. The number of imidazole rings is 2. The van der Waals surface area contributed by atoms with Gasteiger partial charge in [-0.2, -0.15) is 0 Å². The van der Waals surface area contributed by atoms with Crippen LogP contribution in [0, 0.1) is 0 Å². The van der Waals surface area contributed by atoms with Crippen molar-refractivity contribution in [3.05, 3.63) is 58.9 Å². The number of anilines is 4. The Balaban J connectivity index is 0.000000158. The van der Waals surface area contributed by atoms with E-state index in [1.807, 2.05) is 36.4 Å². The lowest BCUT2D eigenvalue weighted by molar-refractivity contribution is -0.0450. The third-order valence-corrected chi connectivity index (χ3v) is 12.4. The van der Waals surface area contributed by atoms with E-state index in [-0.39, 0.29) is 12.1 Å². The summed E-state index contributed by atoms with van der Waals surface area (Å²) >= 11 is 0. The number of hydrogen-bond donors (Lipinski definition) is 4. The van der Waals surface area contributed by atoms with Gasteiger partial charge in [-0.05, 0) is 64.1 Å². The number of aromatic amines is 2. The molecule has 6 aromatic rings.